The van der Waals surface area contributed by atoms with Crippen molar-refractivity contribution in [2.45, 2.75) is 20.0 Å². The number of primary amides is 1. The summed E-state index contributed by atoms with van der Waals surface area (Å²) < 4.78 is 5.19. The number of nitrogens with two attached hydrogens (primary N) is 1. The van der Waals surface area contributed by atoms with Crippen molar-refractivity contribution >= 4 is 11.9 Å². The van der Waals surface area contributed by atoms with Crippen molar-refractivity contribution < 1.29 is 14.3 Å². The molecule has 2 aromatic carbocycles. The standard InChI is InChI=1S/C19H18N4O3/c1-11(2)26-19(25)13-9-7-12(8-10-13)14-5-3-4-6-15(14)16-17(18(20)24)22-23-21-16/h3-11H,1-2H3,(H2,20,24)(H,21,22,23). The monoisotopic (exact) mass is 350 g/mol. The molecule has 0 atom stereocenters. The van der Waals surface area contributed by atoms with E-state index in [4.69, 9.17) is 10.5 Å². The van der Waals surface area contributed by atoms with E-state index in [9.17, 15) is 9.59 Å². The number of aromatic nitrogens is 3. The van der Waals surface area contributed by atoms with E-state index in [2.05, 4.69) is 15.4 Å². The predicted molar refractivity (Wildman–Crippen MR) is 96.3 cm³/mol. The number of nitrogens with one attached hydrogen (secondary N) is 1. The van der Waals surface area contributed by atoms with Crippen molar-refractivity contribution in [1.29, 1.82) is 0 Å². The first-order chi connectivity index (χ1) is 12.5. The summed E-state index contributed by atoms with van der Waals surface area (Å²) in [4.78, 5) is 23.5. The number of aromatic amines is 1. The Morgan fingerprint density at radius 1 is 1.00 bits per heavy atom. The highest BCUT2D eigenvalue weighted by atomic mass is 16.5. The van der Waals surface area contributed by atoms with Gasteiger partial charge in [-0.1, -0.05) is 36.4 Å². The van der Waals surface area contributed by atoms with Crippen molar-refractivity contribution in [3.05, 3.63) is 59.8 Å². The number of H-pyrrole nitrogens is 1. The number of rotatable bonds is 5. The van der Waals surface area contributed by atoms with Crippen LogP contribution in [0.4, 0.5) is 0 Å². The number of nitrogens with zero attached hydrogens (tertiary/aromatic N) is 2. The van der Waals surface area contributed by atoms with Gasteiger partial charge in [-0.05, 0) is 37.1 Å². The van der Waals surface area contributed by atoms with Gasteiger partial charge in [0.25, 0.3) is 5.91 Å². The van der Waals surface area contributed by atoms with Gasteiger partial charge >= 0.3 is 5.97 Å². The number of amides is 1. The molecular formula is C19H18N4O3. The molecule has 3 aromatic rings. The minimum absolute atomic E-state index is 0.0783. The number of ether oxygens (including phenoxy) is 1. The van der Waals surface area contributed by atoms with E-state index >= 15 is 0 Å². The van der Waals surface area contributed by atoms with Gasteiger partial charge in [0.05, 0.1) is 11.7 Å². The van der Waals surface area contributed by atoms with Crippen LogP contribution >= 0.6 is 0 Å². The molecule has 0 radical (unpaired) electrons. The minimum atomic E-state index is -0.657. The zero-order valence-electron chi connectivity index (χ0n) is 14.4. The van der Waals surface area contributed by atoms with Crippen LogP contribution in [-0.4, -0.2) is 33.4 Å². The smallest absolute Gasteiger partial charge is 0.338 e. The summed E-state index contributed by atoms with van der Waals surface area (Å²) in [5, 5.41) is 10.3. The topological polar surface area (TPSA) is 111 Å². The molecule has 1 aromatic heterocycles. The van der Waals surface area contributed by atoms with Crippen molar-refractivity contribution in [3.63, 3.8) is 0 Å². The molecule has 0 fully saturated rings. The molecule has 3 N–H and O–H groups in total. The Bertz CT molecular complexity index is 945. The maximum Gasteiger partial charge on any atom is 0.338 e. The van der Waals surface area contributed by atoms with Gasteiger partial charge in [0.15, 0.2) is 5.69 Å². The van der Waals surface area contributed by atoms with E-state index in [1.807, 2.05) is 36.4 Å². The van der Waals surface area contributed by atoms with E-state index in [1.54, 1.807) is 26.0 Å². The van der Waals surface area contributed by atoms with Crippen LogP contribution in [-0.2, 0) is 4.74 Å². The molecular weight excluding hydrogens is 332 g/mol. The van der Waals surface area contributed by atoms with Crippen LogP contribution in [0, 0.1) is 0 Å². The molecule has 0 unspecified atom stereocenters. The second-order valence-electron chi connectivity index (χ2n) is 5.96. The summed E-state index contributed by atoms with van der Waals surface area (Å²) in [7, 11) is 0. The summed E-state index contributed by atoms with van der Waals surface area (Å²) in [6.07, 6.45) is -0.178. The first kappa shape index (κ1) is 17.3. The van der Waals surface area contributed by atoms with Crippen LogP contribution in [0.25, 0.3) is 22.4 Å². The number of hydrogen-bond acceptors (Lipinski definition) is 5. The maximum absolute atomic E-state index is 12.0. The van der Waals surface area contributed by atoms with Gasteiger partial charge in [-0.3, -0.25) is 4.79 Å². The fourth-order valence-electron chi connectivity index (χ4n) is 2.60. The second-order valence-corrected chi connectivity index (χ2v) is 5.96. The number of hydrogen-bond donors (Lipinski definition) is 2. The number of carbonyl (C=O) groups excluding carboxylic acids is 2. The predicted octanol–water partition coefficient (Wildman–Crippen LogP) is 2.80. The van der Waals surface area contributed by atoms with Gasteiger partial charge < -0.3 is 10.5 Å². The third-order valence-corrected chi connectivity index (χ3v) is 3.74. The van der Waals surface area contributed by atoms with Crippen molar-refractivity contribution in [2.75, 3.05) is 0 Å². The molecule has 132 valence electrons. The largest absolute Gasteiger partial charge is 0.459 e. The van der Waals surface area contributed by atoms with Gasteiger partial charge in [-0.2, -0.15) is 15.4 Å². The van der Waals surface area contributed by atoms with Gasteiger partial charge in [0.1, 0.15) is 5.69 Å². The molecule has 26 heavy (non-hydrogen) atoms. The van der Waals surface area contributed by atoms with E-state index in [-0.39, 0.29) is 17.8 Å². The van der Waals surface area contributed by atoms with Crippen LogP contribution in [0.1, 0.15) is 34.7 Å². The maximum atomic E-state index is 12.0. The molecule has 0 saturated carbocycles. The van der Waals surface area contributed by atoms with Crippen molar-refractivity contribution in [3.8, 4) is 22.4 Å². The number of carbonyl (C=O) groups is 2. The SMILES string of the molecule is CC(C)OC(=O)c1ccc(-c2ccccc2-c2n[nH]nc2C(N)=O)cc1. The Morgan fingerprint density at radius 3 is 2.27 bits per heavy atom. The number of esters is 1. The molecule has 3 rings (SSSR count). The zero-order valence-corrected chi connectivity index (χ0v) is 14.4. The Kier molecular flexibility index (Phi) is 4.79. The highest BCUT2D eigenvalue weighted by Gasteiger charge is 2.18. The van der Waals surface area contributed by atoms with E-state index in [1.165, 1.54) is 0 Å². The van der Waals surface area contributed by atoms with Crippen LogP contribution in [0.5, 0.6) is 0 Å². The van der Waals surface area contributed by atoms with Gasteiger partial charge in [-0.15, -0.1) is 0 Å². The summed E-state index contributed by atoms with van der Waals surface area (Å²) in [6.45, 7) is 3.60. The Labute approximate surface area is 150 Å². The molecule has 0 spiro atoms. The fraction of sp³-hybridized carbons (Fsp3) is 0.158. The highest BCUT2D eigenvalue weighted by Crippen LogP contribution is 2.32. The van der Waals surface area contributed by atoms with Gasteiger partial charge in [0, 0.05) is 5.56 Å². The third kappa shape index (κ3) is 3.46. The Morgan fingerprint density at radius 2 is 1.65 bits per heavy atom. The molecule has 7 heteroatoms. The third-order valence-electron chi connectivity index (χ3n) is 3.74. The van der Waals surface area contributed by atoms with E-state index < -0.39 is 5.91 Å². The average Bonchev–Trinajstić information content (AvgIpc) is 3.11. The van der Waals surface area contributed by atoms with Crippen molar-refractivity contribution in [2.24, 2.45) is 5.73 Å². The lowest BCUT2D eigenvalue weighted by Crippen LogP contribution is -2.13. The first-order valence-corrected chi connectivity index (χ1v) is 8.08. The molecule has 1 amide bonds. The van der Waals surface area contributed by atoms with Gasteiger partial charge in [0.2, 0.25) is 0 Å². The number of benzene rings is 2. The Balaban J connectivity index is 1.99. The molecule has 0 aliphatic carbocycles. The second kappa shape index (κ2) is 7.18. The minimum Gasteiger partial charge on any atom is -0.459 e. The summed E-state index contributed by atoms with van der Waals surface area (Å²) in [6, 6.07) is 14.5. The van der Waals surface area contributed by atoms with E-state index in [0.29, 0.717) is 16.8 Å². The van der Waals surface area contributed by atoms with Crippen LogP contribution in [0.3, 0.4) is 0 Å². The Hall–Kier alpha value is -3.48. The lowest BCUT2D eigenvalue weighted by Gasteiger charge is -2.10. The van der Waals surface area contributed by atoms with Gasteiger partial charge in [-0.25, -0.2) is 4.79 Å². The van der Waals surface area contributed by atoms with Crippen LogP contribution in [0.2, 0.25) is 0 Å². The highest BCUT2D eigenvalue weighted by molar-refractivity contribution is 5.99. The molecule has 1 heterocycles. The first-order valence-electron chi connectivity index (χ1n) is 8.08. The summed E-state index contributed by atoms with van der Waals surface area (Å²) in [5.41, 5.74) is 8.72. The molecule has 0 bridgehead atoms. The van der Waals surface area contributed by atoms with Crippen LogP contribution in [0.15, 0.2) is 48.5 Å². The average molecular weight is 350 g/mol. The lowest BCUT2D eigenvalue weighted by atomic mass is 9.96. The molecule has 0 aliphatic rings. The van der Waals surface area contributed by atoms with Crippen molar-refractivity contribution in [1.82, 2.24) is 15.4 Å². The molecule has 0 aliphatic heterocycles. The van der Waals surface area contributed by atoms with Crippen LogP contribution < -0.4 is 5.73 Å². The summed E-state index contributed by atoms with van der Waals surface area (Å²) in [5.74, 6) is -1.03. The fourth-order valence-corrected chi connectivity index (χ4v) is 2.60. The normalized spacial score (nSPS) is 10.7. The molecule has 7 nitrogen and oxygen atoms in total. The zero-order chi connectivity index (χ0) is 18.7. The van der Waals surface area contributed by atoms with E-state index in [0.717, 1.165) is 11.1 Å². The summed E-state index contributed by atoms with van der Waals surface area (Å²) >= 11 is 0. The quantitative estimate of drug-likeness (QED) is 0.687. The molecule has 0 saturated heterocycles. The lowest BCUT2D eigenvalue weighted by molar-refractivity contribution is 0.0378.